The zero-order valence-electron chi connectivity index (χ0n) is 10.4. The second-order valence-electron chi connectivity index (χ2n) is 4.61. The molecule has 1 atom stereocenters. The van der Waals surface area contributed by atoms with Crippen LogP contribution in [-0.2, 0) is 0 Å². The maximum absolute atomic E-state index is 6.32. The molecule has 0 aliphatic heterocycles. The maximum Gasteiger partial charge on any atom is 0.0566 e. The lowest BCUT2D eigenvalue weighted by Crippen LogP contribution is -2.12. The first kappa shape index (κ1) is 12.2. The summed E-state index contributed by atoms with van der Waals surface area (Å²) in [5, 5.41) is 3.13. The van der Waals surface area contributed by atoms with E-state index in [1.807, 2.05) is 36.4 Å². The van der Waals surface area contributed by atoms with Gasteiger partial charge in [0, 0.05) is 5.02 Å². The molecule has 0 amide bonds. The Bertz CT molecular complexity index is 721. The first-order valence-electron chi connectivity index (χ1n) is 6.24. The fraction of sp³-hybridized carbons (Fsp3) is 0.0588. The van der Waals surface area contributed by atoms with E-state index in [0.29, 0.717) is 5.02 Å². The number of halogens is 1. The van der Waals surface area contributed by atoms with Crippen molar-refractivity contribution < 1.29 is 0 Å². The molecule has 0 fully saturated rings. The Morgan fingerprint density at radius 1 is 0.789 bits per heavy atom. The van der Waals surface area contributed by atoms with Crippen LogP contribution in [0.4, 0.5) is 0 Å². The second kappa shape index (κ2) is 5.04. The molecular formula is C17H14ClN. The van der Waals surface area contributed by atoms with Crippen LogP contribution in [0.5, 0.6) is 0 Å². The fourth-order valence-electron chi connectivity index (χ4n) is 2.31. The molecule has 3 rings (SSSR count). The van der Waals surface area contributed by atoms with Gasteiger partial charge in [-0.3, -0.25) is 0 Å². The minimum atomic E-state index is -0.196. The topological polar surface area (TPSA) is 26.0 Å². The first-order valence-corrected chi connectivity index (χ1v) is 6.62. The molecule has 94 valence electrons. The molecule has 0 aliphatic carbocycles. The summed E-state index contributed by atoms with van der Waals surface area (Å²) in [6.07, 6.45) is 0. The van der Waals surface area contributed by atoms with Crippen molar-refractivity contribution in [3.63, 3.8) is 0 Å². The van der Waals surface area contributed by atoms with Crippen molar-refractivity contribution in [2.24, 2.45) is 5.73 Å². The van der Waals surface area contributed by atoms with Gasteiger partial charge in [0.15, 0.2) is 0 Å². The molecule has 1 nitrogen and oxygen atoms in total. The van der Waals surface area contributed by atoms with Crippen LogP contribution in [0.15, 0.2) is 66.7 Å². The highest BCUT2D eigenvalue weighted by atomic mass is 35.5. The summed E-state index contributed by atoms with van der Waals surface area (Å²) in [6, 6.07) is 22.1. The predicted molar refractivity (Wildman–Crippen MR) is 81.4 cm³/mol. The number of hydrogen-bond donors (Lipinski definition) is 1. The summed E-state index contributed by atoms with van der Waals surface area (Å²) >= 11 is 6.21. The van der Waals surface area contributed by atoms with Crippen LogP contribution in [0.1, 0.15) is 17.2 Å². The smallest absolute Gasteiger partial charge is 0.0566 e. The third-order valence-corrected chi connectivity index (χ3v) is 3.72. The van der Waals surface area contributed by atoms with Crippen LogP contribution >= 0.6 is 11.6 Å². The van der Waals surface area contributed by atoms with Gasteiger partial charge >= 0.3 is 0 Å². The highest BCUT2D eigenvalue weighted by Crippen LogP contribution is 2.28. The summed E-state index contributed by atoms with van der Waals surface area (Å²) < 4.78 is 0. The average Bonchev–Trinajstić information content (AvgIpc) is 2.46. The van der Waals surface area contributed by atoms with Crippen molar-refractivity contribution in [3.8, 4) is 0 Å². The van der Waals surface area contributed by atoms with E-state index in [9.17, 15) is 0 Å². The van der Waals surface area contributed by atoms with Gasteiger partial charge in [-0.05, 0) is 34.0 Å². The summed E-state index contributed by atoms with van der Waals surface area (Å²) in [5.41, 5.74) is 8.36. The van der Waals surface area contributed by atoms with E-state index in [1.54, 1.807) is 0 Å². The molecule has 0 spiro atoms. The van der Waals surface area contributed by atoms with E-state index < -0.39 is 0 Å². The van der Waals surface area contributed by atoms with Crippen LogP contribution in [0.2, 0.25) is 5.02 Å². The van der Waals surface area contributed by atoms with E-state index in [4.69, 9.17) is 17.3 Å². The van der Waals surface area contributed by atoms with Gasteiger partial charge < -0.3 is 5.73 Å². The van der Waals surface area contributed by atoms with Crippen molar-refractivity contribution in [1.82, 2.24) is 0 Å². The standard InChI is InChI=1S/C17H14ClN/c18-16-8-4-3-7-15(16)17(19)14-10-9-12-5-1-2-6-13(12)11-14/h1-11,17H,19H2. The van der Waals surface area contributed by atoms with Gasteiger partial charge in [-0.15, -0.1) is 0 Å². The monoisotopic (exact) mass is 267 g/mol. The van der Waals surface area contributed by atoms with Gasteiger partial charge in [0.2, 0.25) is 0 Å². The normalized spacial score (nSPS) is 12.5. The lowest BCUT2D eigenvalue weighted by atomic mass is 9.97. The minimum Gasteiger partial charge on any atom is -0.320 e. The Morgan fingerprint density at radius 3 is 2.26 bits per heavy atom. The third kappa shape index (κ3) is 2.35. The Hall–Kier alpha value is -1.83. The summed E-state index contributed by atoms with van der Waals surface area (Å²) in [7, 11) is 0. The Labute approximate surface area is 117 Å². The number of fused-ring (bicyclic) bond motifs is 1. The van der Waals surface area contributed by atoms with E-state index in [2.05, 4.69) is 30.3 Å². The number of nitrogens with two attached hydrogens (primary N) is 1. The Balaban J connectivity index is 2.07. The van der Waals surface area contributed by atoms with Gasteiger partial charge in [0.1, 0.15) is 0 Å². The van der Waals surface area contributed by atoms with Gasteiger partial charge in [0.25, 0.3) is 0 Å². The molecule has 0 saturated heterocycles. The van der Waals surface area contributed by atoms with Gasteiger partial charge in [0.05, 0.1) is 6.04 Å². The molecule has 0 aromatic heterocycles. The van der Waals surface area contributed by atoms with Crippen molar-refractivity contribution in [2.75, 3.05) is 0 Å². The van der Waals surface area contributed by atoms with Crippen LogP contribution in [0.25, 0.3) is 10.8 Å². The molecule has 1 unspecified atom stereocenters. The SMILES string of the molecule is NC(c1ccc2ccccc2c1)c1ccccc1Cl. The quantitative estimate of drug-likeness (QED) is 0.725. The van der Waals surface area contributed by atoms with E-state index in [-0.39, 0.29) is 6.04 Å². The predicted octanol–water partition coefficient (Wildman–Crippen LogP) is 4.54. The zero-order chi connectivity index (χ0) is 13.2. The molecule has 3 aromatic rings. The molecule has 0 radical (unpaired) electrons. The fourth-order valence-corrected chi connectivity index (χ4v) is 2.56. The van der Waals surface area contributed by atoms with Gasteiger partial charge in [-0.2, -0.15) is 0 Å². The van der Waals surface area contributed by atoms with Crippen molar-refractivity contribution in [3.05, 3.63) is 82.9 Å². The number of benzene rings is 3. The van der Waals surface area contributed by atoms with Crippen molar-refractivity contribution in [1.29, 1.82) is 0 Å². The minimum absolute atomic E-state index is 0.196. The summed E-state index contributed by atoms with van der Waals surface area (Å²) in [6.45, 7) is 0. The Morgan fingerprint density at radius 2 is 1.47 bits per heavy atom. The van der Waals surface area contributed by atoms with Crippen molar-refractivity contribution in [2.45, 2.75) is 6.04 Å². The second-order valence-corrected chi connectivity index (χ2v) is 5.01. The van der Waals surface area contributed by atoms with Gasteiger partial charge in [-0.1, -0.05) is 66.2 Å². The molecule has 2 heteroatoms. The maximum atomic E-state index is 6.32. The lowest BCUT2D eigenvalue weighted by Gasteiger charge is -2.14. The van der Waals surface area contributed by atoms with E-state index in [1.165, 1.54) is 10.8 Å². The third-order valence-electron chi connectivity index (χ3n) is 3.37. The average molecular weight is 268 g/mol. The molecule has 0 bridgehead atoms. The summed E-state index contributed by atoms with van der Waals surface area (Å²) in [4.78, 5) is 0. The van der Waals surface area contributed by atoms with Crippen LogP contribution in [0, 0.1) is 0 Å². The molecule has 0 aliphatic rings. The van der Waals surface area contributed by atoms with Gasteiger partial charge in [-0.25, -0.2) is 0 Å². The highest BCUT2D eigenvalue weighted by Gasteiger charge is 2.12. The van der Waals surface area contributed by atoms with E-state index >= 15 is 0 Å². The molecule has 3 aromatic carbocycles. The van der Waals surface area contributed by atoms with Crippen LogP contribution < -0.4 is 5.73 Å². The zero-order valence-corrected chi connectivity index (χ0v) is 11.1. The Kier molecular flexibility index (Phi) is 3.24. The molecule has 0 saturated carbocycles. The number of rotatable bonds is 2. The summed E-state index contributed by atoms with van der Waals surface area (Å²) in [5.74, 6) is 0. The molecular weight excluding hydrogens is 254 g/mol. The number of hydrogen-bond acceptors (Lipinski definition) is 1. The van der Waals surface area contributed by atoms with Crippen LogP contribution in [-0.4, -0.2) is 0 Å². The first-order chi connectivity index (χ1) is 9.25. The molecule has 0 heterocycles. The van der Waals surface area contributed by atoms with Crippen LogP contribution in [0.3, 0.4) is 0 Å². The lowest BCUT2D eigenvalue weighted by molar-refractivity contribution is 0.874. The van der Waals surface area contributed by atoms with Crippen molar-refractivity contribution >= 4 is 22.4 Å². The molecule has 19 heavy (non-hydrogen) atoms. The largest absolute Gasteiger partial charge is 0.320 e. The molecule has 2 N–H and O–H groups in total. The highest BCUT2D eigenvalue weighted by molar-refractivity contribution is 6.31. The van der Waals surface area contributed by atoms with E-state index in [0.717, 1.165) is 11.1 Å².